The summed E-state index contributed by atoms with van der Waals surface area (Å²) in [7, 11) is -2.82. The molecule has 4 heteroatoms. The van der Waals surface area contributed by atoms with Crippen LogP contribution in [0.15, 0.2) is 0 Å². The molecule has 1 atom stereocenters. The van der Waals surface area contributed by atoms with Crippen molar-refractivity contribution >= 4 is 9.84 Å². The first-order valence-electron chi connectivity index (χ1n) is 4.83. The highest BCUT2D eigenvalue weighted by Gasteiger charge is 2.35. The third-order valence-electron chi connectivity index (χ3n) is 2.27. The fourth-order valence-electron chi connectivity index (χ4n) is 2.06. The lowest BCUT2D eigenvalue weighted by atomic mass is 10.0. The average Bonchev–Trinajstić information content (AvgIpc) is 1.78. The quantitative estimate of drug-likeness (QED) is 0.730. The van der Waals surface area contributed by atoms with Gasteiger partial charge in [-0.1, -0.05) is 13.3 Å². The van der Waals surface area contributed by atoms with Crippen molar-refractivity contribution in [2.45, 2.75) is 45.2 Å². The van der Waals surface area contributed by atoms with Gasteiger partial charge in [-0.2, -0.15) is 0 Å². The zero-order chi connectivity index (χ0) is 10.1. The summed E-state index contributed by atoms with van der Waals surface area (Å²) >= 11 is 0. The van der Waals surface area contributed by atoms with E-state index in [0.717, 1.165) is 12.8 Å². The third kappa shape index (κ3) is 3.27. The third-order valence-corrected chi connectivity index (χ3v) is 4.34. The topological polar surface area (TPSA) is 46.2 Å². The highest BCUT2D eigenvalue weighted by molar-refractivity contribution is 7.91. The van der Waals surface area contributed by atoms with Crippen molar-refractivity contribution < 1.29 is 8.42 Å². The molecule has 78 valence electrons. The molecule has 1 saturated heterocycles. The Hall–Kier alpha value is -0.0900. The predicted octanol–water partition coefficient (Wildman–Crippen LogP) is 0.952. The Labute approximate surface area is 80.8 Å². The molecule has 0 aliphatic carbocycles. The number of sulfone groups is 1. The zero-order valence-electron chi connectivity index (χ0n) is 8.63. The van der Waals surface area contributed by atoms with Crippen LogP contribution in [0.2, 0.25) is 0 Å². The molecule has 1 heterocycles. The van der Waals surface area contributed by atoms with Crippen LogP contribution in [0.1, 0.15) is 33.6 Å². The summed E-state index contributed by atoms with van der Waals surface area (Å²) in [5.41, 5.74) is -0.253. The van der Waals surface area contributed by atoms with Gasteiger partial charge in [0.1, 0.15) is 0 Å². The second-order valence-electron chi connectivity index (χ2n) is 4.57. The molecule has 13 heavy (non-hydrogen) atoms. The largest absolute Gasteiger partial charge is 0.307 e. The van der Waals surface area contributed by atoms with Crippen LogP contribution >= 0.6 is 0 Å². The molecule has 1 aliphatic heterocycles. The Morgan fingerprint density at radius 2 is 2.08 bits per heavy atom. The summed E-state index contributed by atoms with van der Waals surface area (Å²) in [6.45, 7) is 5.98. The summed E-state index contributed by atoms with van der Waals surface area (Å²) < 4.78 is 23.0. The summed E-state index contributed by atoms with van der Waals surface area (Å²) in [4.78, 5) is 0. The van der Waals surface area contributed by atoms with Crippen molar-refractivity contribution in [1.82, 2.24) is 5.32 Å². The fourth-order valence-corrected chi connectivity index (χ4v) is 4.22. The molecule has 0 aromatic rings. The van der Waals surface area contributed by atoms with E-state index in [9.17, 15) is 8.42 Å². The number of rotatable bonds is 2. The van der Waals surface area contributed by atoms with Crippen LogP contribution in [0.5, 0.6) is 0 Å². The molecule has 0 spiro atoms. The molecule has 0 aromatic carbocycles. The lowest BCUT2D eigenvalue weighted by molar-refractivity contribution is 0.342. The molecule has 1 fully saturated rings. The van der Waals surface area contributed by atoms with E-state index in [2.05, 4.69) is 12.2 Å². The molecule has 0 amide bonds. The molecule has 1 rings (SSSR count). The minimum atomic E-state index is -2.82. The van der Waals surface area contributed by atoms with Crippen molar-refractivity contribution in [2.24, 2.45) is 0 Å². The monoisotopic (exact) mass is 205 g/mol. The Morgan fingerprint density at radius 1 is 1.46 bits per heavy atom. The van der Waals surface area contributed by atoms with Gasteiger partial charge in [-0.15, -0.1) is 0 Å². The molecule has 0 bridgehead atoms. The van der Waals surface area contributed by atoms with E-state index in [4.69, 9.17) is 0 Å². The second-order valence-corrected chi connectivity index (χ2v) is 6.68. The molecule has 1 unspecified atom stereocenters. The fraction of sp³-hybridized carbons (Fsp3) is 1.00. The summed E-state index contributed by atoms with van der Waals surface area (Å²) in [5.74, 6) is 0.574. The smallest absolute Gasteiger partial charge is 0.153 e. The van der Waals surface area contributed by atoms with Crippen LogP contribution in [-0.4, -0.2) is 31.5 Å². The summed E-state index contributed by atoms with van der Waals surface area (Å²) in [6.07, 6.45) is 1.98. The van der Waals surface area contributed by atoms with E-state index in [1.54, 1.807) is 0 Å². The van der Waals surface area contributed by atoms with E-state index < -0.39 is 9.84 Å². The van der Waals surface area contributed by atoms with Crippen LogP contribution in [0, 0.1) is 0 Å². The van der Waals surface area contributed by atoms with E-state index in [1.807, 2.05) is 13.8 Å². The van der Waals surface area contributed by atoms with Gasteiger partial charge in [0.05, 0.1) is 11.5 Å². The molecule has 1 aliphatic rings. The maximum atomic E-state index is 11.5. The van der Waals surface area contributed by atoms with Gasteiger partial charge in [-0.25, -0.2) is 8.42 Å². The normalized spacial score (nSPS) is 31.5. The van der Waals surface area contributed by atoms with Crippen LogP contribution in [0.25, 0.3) is 0 Å². The van der Waals surface area contributed by atoms with Crippen molar-refractivity contribution in [1.29, 1.82) is 0 Å². The molecule has 3 nitrogen and oxygen atoms in total. The number of nitrogens with one attached hydrogen (secondary N) is 1. The minimum absolute atomic E-state index is 0.152. The predicted molar refractivity (Wildman–Crippen MR) is 54.6 cm³/mol. The average molecular weight is 205 g/mol. The first kappa shape index (κ1) is 11.0. The second kappa shape index (κ2) is 3.58. The van der Waals surface area contributed by atoms with E-state index >= 15 is 0 Å². The SMILES string of the molecule is CCCC1CS(=O)(=O)CC(C)(C)N1. The molecule has 1 N–H and O–H groups in total. The highest BCUT2D eigenvalue weighted by atomic mass is 32.2. The number of hydrogen-bond donors (Lipinski definition) is 1. The molecule has 0 saturated carbocycles. The highest BCUT2D eigenvalue weighted by Crippen LogP contribution is 2.18. The Kier molecular flexibility index (Phi) is 3.02. The van der Waals surface area contributed by atoms with Crippen LogP contribution in [0.4, 0.5) is 0 Å². The molecular weight excluding hydrogens is 186 g/mol. The van der Waals surface area contributed by atoms with Crippen molar-refractivity contribution in [2.75, 3.05) is 11.5 Å². The standard InChI is InChI=1S/C9H19NO2S/c1-4-5-8-6-13(11,12)7-9(2,3)10-8/h8,10H,4-7H2,1-3H3. The van der Waals surface area contributed by atoms with Crippen molar-refractivity contribution in [3.8, 4) is 0 Å². The summed E-state index contributed by atoms with van der Waals surface area (Å²) in [5, 5.41) is 3.37. The van der Waals surface area contributed by atoms with Gasteiger partial charge in [-0.05, 0) is 20.3 Å². The van der Waals surface area contributed by atoms with Gasteiger partial charge in [0.25, 0.3) is 0 Å². The van der Waals surface area contributed by atoms with Gasteiger partial charge in [0.15, 0.2) is 9.84 Å². The first-order valence-corrected chi connectivity index (χ1v) is 6.65. The molecular formula is C9H19NO2S. The molecule has 0 radical (unpaired) electrons. The minimum Gasteiger partial charge on any atom is -0.307 e. The Balaban J connectivity index is 2.72. The lowest BCUT2D eigenvalue weighted by Gasteiger charge is -2.36. The maximum Gasteiger partial charge on any atom is 0.153 e. The van der Waals surface area contributed by atoms with Gasteiger partial charge >= 0.3 is 0 Å². The van der Waals surface area contributed by atoms with Gasteiger partial charge in [0.2, 0.25) is 0 Å². The van der Waals surface area contributed by atoms with Crippen LogP contribution in [0.3, 0.4) is 0 Å². The van der Waals surface area contributed by atoms with Gasteiger partial charge in [-0.3, -0.25) is 0 Å². The van der Waals surface area contributed by atoms with Gasteiger partial charge in [0, 0.05) is 11.6 Å². The zero-order valence-corrected chi connectivity index (χ0v) is 9.45. The Bertz CT molecular complexity index is 269. The lowest BCUT2D eigenvalue weighted by Crippen LogP contribution is -2.57. The van der Waals surface area contributed by atoms with E-state index in [0.29, 0.717) is 5.75 Å². The van der Waals surface area contributed by atoms with Crippen LogP contribution in [-0.2, 0) is 9.84 Å². The Morgan fingerprint density at radius 3 is 2.54 bits per heavy atom. The first-order chi connectivity index (χ1) is 5.85. The number of hydrogen-bond acceptors (Lipinski definition) is 3. The molecule has 0 aromatic heterocycles. The summed E-state index contributed by atoms with van der Waals surface area (Å²) in [6, 6.07) is 0.152. The van der Waals surface area contributed by atoms with Crippen LogP contribution < -0.4 is 5.32 Å². The maximum absolute atomic E-state index is 11.5. The van der Waals surface area contributed by atoms with Crippen molar-refractivity contribution in [3.63, 3.8) is 0 Å². The van der Waals surface area contributed by atoms with E-state index in [-0.39, 0.29) is 17.3 Å². The van der Waals surface area contributed by atoms with Crippen molar-refractivity contribution in [3.05, 3.63) is 0 Å². The van der Waals surface area contributed by atoms with E-state index in [1.165, 1.54) is 0 Å². The van der Waals surface area contributed by atoms with Gasteiger partial charge < -0.3 is 5.32 Å².